The van der Waals surface area contributed by atoms with Crippen LogP contribution in [0.2, 0.25) is 0 Å². The largest absolute Gasteiger partial charge is 0.364 e. The van der Waals surface area contributed by atoms with Crippen LogP contribution in [0.15, 0.2) is 12.1 Å². The number of piperidine rings is 1. The zero-order valence-corrected chi connectivity index (χ0v) is 15.7. The van der Waals surface area contributed by atoms with Gasteiger partial charge in [-0.3, -0.25) is 4.79 Å². The van der Waals surface area contributed by atoms with E-state index >= 15 is 0 Å². The van der Waals surface area contributed by atoms with Gasteiger partial charge in [0.05, 0.1) is 17.2 Å². The van der Waals surface area contributed by atoms with Gasteiger partial charge in [-0.2, -0.15) is 5.26 Å². The van der Waals surface area contributed by atoms with Crippen molar-refractivity contribution in [2.75, 3.05) is 5.32 Å². The zero-order chi connectivity index (χ0) is 18.2. The van der Waals surface area contributed by atoms with E-state index in [1.54, 1.807) is 12.1 Å². The Kier molecular flexibility index (Phi) is 4.92. The highest BCUT2D eigenvalue weighted by molar-refractivity contribution is 6.20. The van der Waals surface area contributed by atoms with Crippen LogP contribution in [0.5, 0.6) is 0 Å². The minimum atomic E-state index is -0.443. The van der Waals surface area contributed by atoms with Gasteiger partial charge in [-0.05, 0) is 64.5 Å². The molecular weight excluding hydrogens is 336 g/mol. The number of hydrogen-bond acceptors (Lipinski definition) is 4. The number of carbonyl (C=O) groups excluding carboxylic acids is 1. The Hall–Kier alpha value is -1.80. The molecule has 1 aromatic heterocycles. The molecule has 2 heterocycles. The number of amides is 1. The molecule has 4 unspecified atom stereocenters. The van der Waals surface area contributed by atoms with Crippen molar-refractivity contribution >= 4 is 23.3 Å². The lowest BCUT2D eigenvalue weighted by molar-refractivity contribution is -0.131. The third-order valence-corrected chi connectivity index (χ3v) is 6.03. The van der Waals surface area contributed by atoms with Crippen LogP contribution < -0.4 is 10.6 Å². The van der Waals surface area contributed by atoms with E-state index in [0.717, 1.165) is 25.7 Å². The van der Waals surface area contributed by atoms with Crippen LogP contribution in [0, 0.1) is 30.1 Å². The van der Waals surface area contributed by atoms with Crippen LogP contribution >= 0.6 is 11.6 Å². The summed E-state index contributed by atoms with van der Waals surface area (Å²) in [7, 11) is 0. The van der Waals surface area contributed by atoms with E-state index in [-0.39, 0.29) is 23.2 Å². The molecule has 6 heteroatoms. The number of nitriles is 1. The molecule has 0 radical (unpaired) electrons. The van der Waals surface area contributed by atoms with Crippen molar-refractivity contribution in [3.63, 3.8) is 0 Å². The lowest BCUT2D eigenvalue weighted by Crippen LogP contribution is -2.58. The highest BCUT2D eigenvalue weighted by Gasteiger charge is 2.45. The van der Waals surface area contributed by atoms with Crippen molar-refractivity contribution in [2.24, 2.45) is 11.8 Å². The maximum Gasteiger partial charge on any atom is 0.225 e. The predicted molar refractivity (Wildman–Crippen MR) is 98.4 cm³/mol. The Morgan fingerprint density at radius 1 is 1.36 bits per heavy atom. The maximum atomic E-state index is 12.7. The van der Waals surface area contributed by atoms with E-state index in [1.807, 2.05) is 20.8 Å². The molecule has 0 aromatic carbocycles. The summed E-state index contributed by atoms with van der Waals surface area (Å²) < 4.78 is 0. The Balaban J connectivity index is 1.76. The number of rotatable bonds is 3. The molecule has 1 amide bonds. The topological polar surface area (TPSA) is 77.8 Å². The first-order valence-corrected chi connectivity index (χ1v) is 9.34. The van der Waals surface area contributed by atoms with E-state index < -0.39 is 5.54 Å². The third-order valence-electron chi connectivity index (χ3n) is 5.63. The standard InChI is InChI=1S/C19H25ClN4O/c1-11-12(10-21)4-7-17(22-11)24-19(2,3)15-9-13-8-14(20)5-6-16(13)23-18(15)25/h4,7,13-16H,5-6,8-9H2,1-3H3,(H,22,24)(H,23,25). The van der Waals surface area contributed by atoms with Gasteiger partial charge in [0.1, 0.15) is 11.9 Å². The quantitative estimate of drug-likeness (QED) is 0.810. The van der Waals surface area contributed by atoms with Crippen molar-refractivity contribution in [2.45, 2.75) is 63.4 Å². The fraction of sp³-hybridized carbons (Fsp3) is 0.632. The fourth-order valence-corrected chi connectivity index (χ4v) is 4.49. The molecule has 2 fully saturated rings. The number of pyridine rings is 1. The number of aromatic nitrogens is 1. The van der Waals surface area contributed by atoms with Gasteiger partial charge in [0.25, 0.3) is 0 Å². The summed E-state index contributed by atoms with van der Waals surface area (Å²) in [6.07, 6.45) is 3.76. The average Bonchev–Trinajstić information content (AvgIpc) is 2.54. The third kappa shape index (κ3) is 3.74. The number of hydrogen-bond donors (Lipinski definition) is 2. The number of carbonyl (C=O) groups is 1. The van der Waals surface area contributed by atoms with Crippen LogP contribution in [-0.2, 0) is 4.79 Å². The first-order valence-electron chi connectivity index (χ1n) is 8.90. The van der Waals surface area contributed by atoms with Crippen molar-refractivity contribution < 1.29 is 4.79 Å². The first kappa shape index (κ1) is 18.0. The monoisotopic (exact) mass is 360 g/mol. The number of nitrogens with one attached hydrogen (secondary N) is 2. The molecule has 3 rings (SSSR count). The summed E-state index contributed by atoms with van der Waals surface area (Å²) in [6, 6.07) is 5.95. The van der Waals surface area contributed by atoms with Crippen LogP contribution in [0.1, 0.15) is 50.8 Å². The highest BCUT2D eigenvalue weighted by atomic mass is 35.5. The summed E-state index contributed by atoms with van der Waals surface area (Å²) in [5, 5.41) is 15.9. The van der Waals surface area contributed by atoms with Crippen LogP contribution in [0.4, 0.5) is 5.82 Å². The Bertz CT molecular complexity index is 712. The molecular formula is C19H25ClN4O. The lowest BCUT2D eigenvalue weighted by Gasteiger charge is -2.45. The molecule has 5 nitrogen and oxygen atoms in total. The van der Waals surface area contributed by atoms with Crippen molar-refractivity contribution in [1.29, 1.82) is 5.26 Å². The van der Waals surface area contributed by atoms with Crippen LogP contribution in [-0.4, -0.2) is 27.8 Å². The molecule has 1 aromatic rings. The molecule has 1 saturated carbocycles. The maximum absolute atomic E-state index is 12.7. The highest BCUT2D eigenvalue weighted by Crippen LogP contribution is 2.39. The van der Waals surface area contributed by atoms with Gasteiger partial charge >= 0.3 is 0 Å². The number of nitrogens with zero attached hydrogens (tertiary/aromatic N) is 2. The second-order valence-electron chi connectivity index (χ2n) is 7.86. The van der Waals surface area contributed by atoms with Gasteiger partial charge in [-0.25, -0.2) is 4.98 Å². The molecule has 1 saturated heterocycles. The first-order chi connectivity index (χ1) is 11.8. The number of anilines is 1. The summed E-state index contributed by atoms with van der Waals surface area (Å²) in [6.45, 7) is 5.89. The molecule has 0 spiro atoms. The molecule has 4 atom stereocenters. The number of fused-ring (bicyclic) bond motifs is 1. The summed E-state index contributed by atoms with van der Waals surface area (Å²) in [4.78, 5) is 17.1. The van der Waals surface area contributed by atoms with Crippen LogP contribution in [0.3, 0.4) is 0 Å². The fourth-order valence-electron chi connectivity index (χ4n) is 4.14. The normalized spacial score (nSPS) is 29.3. The smallest absolute Gasteiger partial charge is 0.225 e. The van der Waals surface area contributed by atoms with E-state index in [9.17, 15) is 4.79 Å². The molecule has 134 valence electrons. The molecule has 1 aliphatic carbocycles. The van der Waals surface area contributed by atoms with Crippen molar-refractivity contribution in [1.82, 2.24) is 10.3 Å². The molecule has 0 bridgehead atoms. The average molecular weight is 361 g/mol. The van der Waals surface area contributed by atoms with E-state index in [1.165, 1.54) is 0 Å². The van der Waals surface area contributed by atoms with Gasteiger partial charge in [0, 0.05) is 17.0 Å². The van der Waals surface area contributed by atoms with Gasteiger partial charge in [-0.1, -0.05) is 0 Å². The number of halogens is 1. The van der Waals surface area contributed by atoms with E-state index in [2.05, 4.69) is 21.7 Å². The molecule has 2 N–H and O–H groups in total. The van der Waals surface area contributed by atoms with E-state index in [0.29, 0.717) is 23.0 Å². The van der Waals surface area contributed by atoms with Gasteiger partial charge in [-0.15, -0.1) is 11.6 Å². The molecule has 25 heavy (non-hydrogen) atoms. The molecule has 1 aliphatic heterocycles. The predicted octanol–water partition coefficient (Wildman–Crippen LogP) is 3.36. The summed E-state index contributed by atoms with van der Waals surface area (Å²) in [5.41, 5.74) is 0.813. The lowest BCUT2D eigenvalue weighted by atomic mass is 9.70. The van der Waals surface area contributed by atoms with Gasteiger partial charge in [0.2, 0.25) is 5.91 Å². The van der Waals surface area contributed by atoms with Crippen molar-refractivity contribution in [3.8, 4) is 6.07 Å². The van der Waals surface area contributed by atoms with Crippen LogP contribution in [0.25, 0.3) is 0 Å². The Morgan fingerprint density at radius 2 is 2.12 bits per heavy atom. The van der Waals surface area contributed by atoms with E-state index in [4.69, 9.17) is 16.9 Å². The SMILES string of the molecule is Cc1nc(NC(C)(C)C2CC3CC(Cl)CCC3NC2=O)ccc1C#N. The minimum Gasteiger partial charge on any atom is -0.364 e. The summed E-state index contributed by atoms with van der Waals surface area (Å²) in [5.74, 6) is 1.09. The summed E-state index contributed by atoms with van der Waals surface area (Å²) >= 11 is 6.35. The Labute approximate surface area is 154 Å². The second kappa shape index (κ2) is 6.84. The van der Waals surface area contributed by atoms with Gasteiger partial charge < -0.3 is 10.6 Å². The number of alkyl halides is 1. The van der Waals surface area contributed by atoms with Gasteiger partial charge in [0.15, 0.2) is 0 Å². The number of aryl methyl sites for hydroxylation is 1. The minimum absolute atomic E-state index is 0.108. The van der Waals surface area contributed by atoms with Crippen molar-refractivity contribution in [3.05, 3.63) is 23.4 Å². The second-order valence-corrected chi connectivity index (χ2v) is 8.48. The Morgan fingerprint density at radius 3 is 2.80 bits per heavy atom. The molecule has 2 aliphatic rings. The zero-order valence-electron chi connectivity index (χ0n) is 15.0.